The standard InChI is InChI=1S/C23H33ClN6/c24-19-13-26-22(29-17-7-5-16(6-8-17)28-15-3-1-2-4-15)30-21(19)18(12-25)20-11-23(9-10-23)14-27-20/h12-13,15-17,28H,1-11,14,25H2,(H,26,29,30). The molecule has 0 radical (unpaired) electrons. The average Bonchev–Trinajstić information content (AvgIpc) is 3.11. The third-order valence-electron chi connectivity index (χ3n) is 7.47. The van der Waals surface area contributed by atoms with Gasteiger partial charge in [-0.3, -0.25) is 4.99 Å². The van der Waals surface area contributed by atoms with Crippen LogP contribution in [0.2, 0.25) is 5.02 Å². The minimum atomic E-state index is 0.398. The minimum Gasteiger partial charge on any atom is -0.404 e. The molecule has 3 fully saturated rings. The van der Waals surface area contributed by atoms with Gasteiger partial charge in [0.05, 0.1) is 16.9 Å². The number of halogens is 1. The summed E-state index contributed by atoms with van der Waals surface area (Å²) in [5.41, 5.74) is 8.99. The first kappa shape index (κ1) is 20.3. The zero-order chi connectivity index (χ0) is 20.6. The summed E-state index contributed by atoms with van der Waals surface area (Å²) in [7, 11) is 0. The molecule has 1 aliphatic heterocycles. The van der Waals surface area contributed by atoms with E-state index in [-0.39, 0.29) is 0 Å². The zero-order valence-corrected chi connectivity index (χ0v) is 18.4. The molecule has 0 unspecified atom stereocenters. The summed E-state index contributed by atoms with van der Waals surface area (Å²) in [5, 5.41) is 7.95. The van der Waals surface area contributed by atoms with Gasteiger partial charge in [0.1, 0.15) is 0 Å². The van der Waals surface area contributed by atoms with Gasteiger partial charge in [0.2, 0.25) is 5.95 Å². The number of rotatable bonds is 6. The van der Waals surface area contributed by atoms with Crippen molar-refractivity contribution in [3.63, 3.8) is 0 Å². The van der Waals surface area contributed by atoms with Crippen LogP contribution in [0, 0.1) is 5.41 Å². The van der Waals surface area contributed by atoms with Gasteiger partial charge in [-0.1, -0.05) is 24.4 Å². The van der Waals surface area contributed by atoms with E-state index in [1.165, 1.54) is 51.4 Å². The fourth-order valence-corrected chi connectivity index (χ4v) is 5.57. The van der Waals surface area contributed by atoms with Crippen LogP contribution in [0.1, 0.15) is 76.3 Å². The summed E-state index contributed by atoms with van der Waals surface area (Å²) in [6, 6.07) is 1.82. The van der Waals surface area contributed by atoms with Gasteiger partial charge in [-0.25, -0.2) is 9.97 Å². The molecule has 3 saturated carbocycles. The normalized spacial score (nSPS) is 28.7. The number of allylic oxidation sites excluding steroid dienone is 1. The van der Waals surface area contributed by atoms with Crippen molar-refractivity contribution < 1.29 is 0 Å². The number of nitrogens with one attached hydrogen (secondary N) is 2. The molecule has 30 heavy (non-hydrogen) atoms. The Hall–Kier alpha value is -1.66. The number of nitrogens with zero attached hydrogens (tertiary/aromatic N) is 3. The third-order valence-corrected chi connectivity index (χ3v) is 7.75. The summed E-state index contributed by atoms with van der Waals surface area (Å²) in [6.07, 6.45) is 17.0. The Morgan fingerprint density at radius 3 is 2.43 bits per heavy atom. The van der Waals surface area contributed by atoms with Gasteiger partial charge < -0.3 is 16.4 Å². The average molecular weight is 429 g/mol. The Labute approximate surface area is 184 Å². The van der Waals surface area contributed by atoms with Crippen LogP contribution in [0.15, 0.2) is 17.4 Å². The van der Waals surface area contributed by atoms with Crippen LogP contribution >= 0.6 is 11.6 Å². The lowest BCUT2D eigenvalue weighted by molar-refractivity contribution is 0.322. The lowest BCUT2D eigenvalue weighted by atomic mass is 9.90. The zero-order valence-electron chi connectivity index (χ0n) is 17.7. The molecule has 0 amide bonds. The molecule has 1 aromatic rings. The predicted octanol–water partition coefficient (Wildman–Crippen LogP) is 4.31. The van der Waals surface area contributed by atoms with Crippen molar-refractivity contribution in [3.8, 4) is 0 Å². The Morgan fingerprint density at radius 1 is 1.07 bits per heavy atom. The van der Waals surface area contributed by atoms with Crippen LogP contribution in [0.5, 0.6) is 0 Å². The molecule has 0 bridgehead atoms. The molecule has 0 atom stereocenters. The Kier molecular flexibility index (Phi) is 5.71. The van der Waals surface area contributed by atoms with Gasteiger partial charge in [0.15, 0.2) is 0 Å². The lowest BCUT2D eigenvalue weighted by Crippen LogP contribution is -2.41. The molecule has 1 aromatic heterocycles. The predicted molar refractivity (Wildman–Crippen MR) is 123 cm³/mol. The molecular formula is C23H33ClN6. The highest BCUT2D eigenvalue weighted by molar-refractivity contribution is 6.35. The second-order valence-electron chi connectivity index (χ2n) is 9.75. The van der Waals surface area contributed by atoms with Crippen LogP contribution in [0.25, 0.3) is 5.57 Å². The number of hydrogen-bond acceptors (Lipinski definition) is 6. The fraction of sp³-hybridized carbons (Fsp3) is 0.696. The molecule has 3 aliphatic carbocycles. The Balaban J connectivity index is 1.21. The molecule has 5 rings (SSSR count). The van der Waals surface area contributed by atoms with Gasteiger partial charge in [0.25, 0.3) is 0 Å². The molecule has 162 valence electrons. The SMILES string of the molecule is NC=C(C1=NCC2(CC2)C1)c1nc(NC2CCC(NC3CCCC3)CC2)ncc1Cl. The Morgan fingerprint density at radius 2 is 1.77 bits per heavy atom. The molecule has 2 heterocycles. The van der Waals surface area contributed by atoms with Gasteiger partial charge in [-0.05, 0) is 63.2 Å². The first-order valence-electron chi connectivity index (χ1n) is 11.7. The summed E-state index contributed by atoms with van der Waals surface area (Å²) in [6.45, 7) is 0.908. The van der Waals surface area contributed by atoms with Crippen LogP contribution in [0.4, 0.5) is 5.95 Å². The molecule has 0 aromatic carbocycles. The largest absolute Gasteiger partial charge is 0.404 e. The van der Waals surface area contributed by atoms with Crippen LogP contribution in [0.3, 0.4) is 0 Å². The minimum absolute atomic E-state index is 0.398. The third kappa shape index (κ3) is 4.35. The second-order valence-corrected chi connectivity index (χ2v) is 10.2. The van der Waals surface area contributed by atoms with E-state index in [2.05, 4.69) is 15.6 Å². The van der Waals surface area contributed by atoms with E-state index in [9.17, 15) is 0 Å². The van der Waals surface area contributed by atoms with E-state index < -0.39 is 0 Å². The molecule has 1 spiro atoms. The van der Waals surface area contributed by atoms with E-state index in [0.29, 0.717) is 34.2 Å². The highest BCUT2D eigenvalue weighted by atomic mass is 35.5. The quantitative estimate of drug-likeness (QED) is 0.628. The summed E-state index contributed by atoms with van der Waals surface area (Å²) in [5.74, 6) is 0.640. The van der Waals surface area contributed by atoms with Crippen molar-refractivity contribution in [1.29, 1.82) is 0 Å². The molecular weight excluding hydrogens is 396 g/mol. The maximum atomic E-state index is 6.47. The topological polar surface area (TPSA) is 88.2 Å². The lowest BCUT2D eigenvalue weighted by Gasteiger charge is -2.31. The number of anilines is 1. The van der Waals surface area contributed by atoms with Crippen LogP contribution in [-0.2, 0) is 0 Å². The van der Waals surface area contributed by atoms with Gasteiger partial charge in [-0.2, -0.15) is 0 Å². The highest BCUT2D eigenvalue weighted by Gasteiger charge is 2.47. The van der Waals surface area contributed by atoms with Gasteiger partial charge >= 0.3 is 0 Å². The van der Waals surface area contributed by atoms with Crippen LogP contribution < -0.4 is 16.4 Å². The van der Waals surface area contributed by atoms with Crippen molar-refractivity contribution in [2.75, 3.05) is 11.9 Å². The van der Waals surface area contributed by atoms with Crippen molar-refractivity contribution in [2.45, 2.75) is 88.8 Å². The molecule has 7 heteroatoms. The number of aromatic nitrogens is 2. The maximum absolute atomic E-state index is 6.47. The number of hydrogen-bond donors (Lipinski definition) is 3. The van der Waals surface area contributed by atoms with E-state index in [0.717, 1.165) is 43.1 Å². The van der Waals surface area contributed by atoms with E-state index in [4.69, 9.17) is 27.3 Å². The maximum Gasteiger partial charge on any atom is 0.223 e. The van der Waals surface area contributed by atoms with Gasteiger partial charge in [0, 0.05) is 42.2 Å². The van der Waals surface area contributed by atoms with E-state index in [1.807, 2.05) is 0 Å². The van der Waals surface area contributed by atoms with Crippen molar-refractivity contribution in [1.82, 2.24) is 15.3 Å². The molecule has 4 N–H and O–H groups in total. The highest BCUT2D eigenvalue weighted by Crippen LogP contribution is 2.53. The summed E-state index contributed by atoms with van der Waals surface area (Å²) >= 11 is 6.47. The fourth-order valence-electron chi connectivity index (χ4n) is 5.37. The summed E-state index contributed by atoms with van der Waals surface area (Å²) in [4.78, 5) is 14.0. The van der Waals surface area contributed by atoms with Gasteiger partial charge in [-0.15, -0.1) is 0 Å². The number of nitrogens with two attached hydrogens (primary N) is 1. The molecule has 4 aliphatic rings. The summed E-state index contributed by atoms with van der Waals surface area (Å²) < 4.78 is 0. The van der Waals surface area contributed by atoms with Crippen LogP contribution in [-0.4, -0.2) is 40.3 Å². The molecule has 6 nitrogen and oxygen atoms in total. The first-order chi connectivity index (χ1) is 14.6. The van der Waals surface area contributed by atoms with E-state index >= 15 is 0 Å². The second kappa shape index (κ2) is 8.46. The monoisotopic (exact) mass is 428 g/mol. The smallest absolute Gasteiger partial charge is 0.223 e. The van der Waals surface area contributed by atoms with Crippen molar-refractivity contribution >= 4 is 28.8 Å². The number of aliphatic imine (C=N–C) groups is 1. The Bertz CT molecular complexity index is 832. The molecule has 0 saturated heterocycles. The van der Waals surface area contributed by atoms with Crippen molar-refractivity contribution in [2.24, 2.45) is 16.1 Å². The van der Waals surface area contributed by atoms with Crippen molar-refractivity contribution in [3.05, 3.63) is 23.1 Å². The van der Waals surface area contributed by atoms with E-state index in [1.54, 1.807) is 12.4 Å². The first-order valence-corrected chi connectivity index (χ1v) is 12.0.